The highest BCUT2D eigenvalue weighted by atomic mass is 16.6. The maximum absolute atomic E-state index is 12.2. The molecule has 108 valence electrons. The molecule has 1 aromatic carbocycles. The predicted molar refractivity (Wildman–Crippen MR) is 75.8 cm³/mol. The number of hydrogen-bond donors (Lipinski definition) is 2. The number of amides is 2. The number of anilines is 1. The summed E-state index contributed by atoms with van der Waals surface area (Å²) in [5.41, 5.74) is 0.405. The number of rotatable bonds is 4. The second kappa shape index (κ2) is 6.33. The molecule has 0 radical (unpaired) electrons. The fraction of sp³-hybridized carbons (Fsp3) is 0.462. The van der Waals surface area contributed by atoms with Gasteiger partial charge in [-0.15, -0.1) is 0 Å². The molecule has 1 saturated heterocycles. The predicted octanol–water partition coefficient (Wildman–Crippen LogP) is 1.81. The smallest absolute Gasteiger partial charge is 0.321 e. The van der Waals surface area contributed by atoms with Gasteiger partial charge in [-0.3, -0.25) is 10.1 Å². The molecule has 0 spiro atoms. The molecule has 0 saturated carbocycles. The fourth-order valence-corrected chi connectivity index (χ4v) is 2.37. The summed E-state index contributed by atoms with van der Waals surface area (Å²) in [6.07, 6.45) is 0.927. The molecule has 1 aromatic rings. The van der Waals surface area contributed by atoms with E-state index in [-0.39, 0.29) is 17.8 Å². The van der Waals surface area contributed by atoms with E-state index in [2.05, 4.69) is 10.6 Å². The lowest BCUT2D eigenvalue weighted by atomic mass is 10.2. The van der Waals surface area contributed by atoms with Crippen LogP contribution in [-0.4, -0.2) is 41.5 Å². The molecular weight excluding hydrogens is 260 g/mol. The summed E-state index contributed by atoms with van der Waals surface area (Å²) in [5, 5.41) is 16.7. The third-order valence-electron chi connectivity index (χ3n) is 3.38. The lowest BCUT2D eigenvalue weighted by molar-refractivity contribution is -0.384. The second-order valence-electron chi connectivity index (χ2n) is 4.67. The van der Waals surface area contributed by atoms with E-state index in [0.717, 1.165) is 19.5 Å². The number of carbonyl (C=O) groups is 1. The number of urea groups is 1. The van der Waals surface area contributed by atoms with E-state index >= 15 is 0 Å². The number of nitrogens with zero attached hydrogens (tertiary/aromatic N) is 2. The van der Waals surface area contributed by atoms with Crippen LogP contribution in [0, 0.1) is 10.1 Å². The Morgan fingerprint density at radius 2 is 2.40 bits per heavy atom. The highest BCUT2D eigenvalue weighted by Crippen LogP contribution is 2.18. The molecule has 1 fully saturated rings. The van der Waals surface area contributed by atoms with Crippen LogP contribution in [0.25, 0.3) is 0 Å². The third kappa shape index (κ3) is 3.24. The molecule has 20 heavy (non-hydrogen) atoms. The van der Waals surface area contributed by atoms with Gasteiger partial charge in [0.25, 0.3) is 5.69 Å². The zero-order valence-electron chi connectivity index (χ0n) is 11.3. The number of nitrogens with one attached hydrogen (secondary N) is 2. The summed E-state index contributed by atoms with van der Waals surface area (Å²) in [5.74, 6) is 0. The van der Waals surface area contributed by atoms with Crippen LogP contribution in [0.5, 0.6) is 0 Å². The molecule has 0 aromatic heterocycles. The van der Waals surface area contributed by atoms with Gasteiger partial charge in [-0.2, -0.15) is 0 Å². The Kier molecular flexibility index (Phi) is 4.52. The quantitative estimate of drug-likeness (QED) is 0.649. The maximum Gasteiger partial charge on any atom is 0.322 e. The molecule has 0 bridgehead atoms. The lowest BCUT2D eigenvalue weighted by Crippen LogP contribution is -2.43. The van der Waals surface area contributed by atoms with Crippen molar-refractivity contribution in [3.05, 3.63) is 34.4 Å². The molecule has 2 N–H and O–H groups in total. The van der Waals surface area contributed by atoms with Crippen LogP contribution in [-0.2, 0) is 0 Å². The highest BCUT2D eigenvalue weighted by Gasteiger charge is 2.25. The van der Waals surface area contributed by atoms with Crippen molar-refractivity contribution in [1.82, 2.24) is 10.2 Å². The molecule has 2 rings (SSSR count). The van der Waals surface area contributed by atoms with Crippen LogP contribution in [0.2, 0.25) is 0 Å². The topological polar surface area (TPSA) is 87.5 Å². The second-order valence-corrected chi connectivity index (χ2v) is 4.67. The zero-order chi connectivity index (χ0) is 14.5. The van der Waals surface area contributed by atoms with Gasteiger partial charge in [0.15, 0.2) is 0 Å². The first kappa shape index (κ1) is 14.3. The van der Waals surface area contributed by atoms with Crippen molar-refractivity contribution in [2.45, 2.75) is 19.4 Å². The van der Waals surface area contributed by atoms with Crippen molar-refractivity contribution < 1.29 is 9.72 Å². The van der Waals surface area contributed by atoms with Crippen LogP contribution in [0.3, 0.4) is 0 Å². The summed E-state index contributed by atoms with van der Waals surface area (Å²) in [7, 11) is 0. The number of non-ortho nitro benzene ring substituents is 1. The van der Waals surface area contributed by atoms with Crippen molar-refractivity contribution in [3.63, 3.8) is 0 Å². The van der Waals surface area contributed by atoms with Gasteiger partial charge in [-0.05, 0) is 26.0 Å². The first-order valence-electron chi connectivity index (χ1n) is 6.64. The zero-order valence-corrected chi connectivity index (χ0v) is 11.3. The van der Waals surface area contributed by atoms with Gasteiger partial charge < -0.3 is 15.5 Å². The Labute approximate surface area is 117 Å². The van der Waals surface area contributed by atoms with Gasteiger partial charge in [0.05, 0.1) is 4.92 Å². The molecule has 7 nitrogen and oxygen atoms in total. The van der Waals surface area contributed by atoms with Gasteiger partial charge in [0, 0.05) is 37.0 Å². The fourth-order valence-electron chi connectivity index (χ4n) is 2.37. The normalized spacial score (nSPS) is 17.8. The minimum Gasteiger partial charge on any atom is -0.321 e. The minimum absolute atomic E-state index is 0.0339. The van der Waals surface area contributed by atoms with Gasteiger partial charge in [-0.1, -0.05) is 6.07 Å². The number of carbonyl (C=O) groups excluding carboxylic acids is 1. The SMILES string of the molecule is CCN(C(=O)Nc1cccc([N+](=O)[O-])c1)C1CCNC1. The number of likely N-dealkylation sites (N-methyl/N-ethyl adjacent to an activating group) is 1. The molecule has 1 atom stereocenters. The summed E-state index contributed by atoms with van der Waals surface area (Å²) in [6.45, 7) is 4.22. The molecule has 7 heteroatoms. The van der Waals surface area contributed by atoms with Crippen molar-refractivity contribution in [3.8, 4) is 0 Å². The summed E-state index contributed by atoms with van der Waals surface area (Å²) in [4.78, 5) is 24.2. The van der Waals surface area contributed by atoms with E-state index in [1.54, 1.807) is 17.0 Å². The van der Waals surface area contributed by atoms with Crippen molar-refractivity contribution in [1.29, 1.82) is 0 Å². The van der Waals surface area contributed by atoms with Gasteiger partial charge in [0.2, 0.25) is 0 Å². The number of nitro groups is 1. The summed E-state index contributed by atoms with van der Waals surface area (Å²) >= 11 is 0. The Morgan fingerprint density at radius 3 is 3.00 bits per heavy atom. The maximum atomic E-state index is 12.2. The third-order valence-corrected chi connectivity index (χ3v) is 3.38. The molecule has 1 aliphatic heterocycles. The first-order chi connectivity index (χ1) is 9.61. The van der Waals surface area contributed by atoms with Crippen molar-refractivity contribution in [2.75, 3.05) is 25.0 Å². The Morgan fingerprint density at radius 1 is 1.60 bits per heavy atom. The average molecular weight is 278 g/mol. The van der Waals surface area contributed by atoms with Crippen LogP contribution in [0.4, 0.5) is 16.2 Å². The summed E-state index contributed by atoms with van der Waals surface area (Å²) in [6, 6.07) is 5.92. The van der Waals surface area contributed by atoms with Crippen LogP contribution >= 0.6 is 0 Å². The van der Waals surface area contributed by atoms with Gasteiger partial charge in [0.1, 0.15) is 0 Å². The highest BCUT2D eigenvalue weighted by molar-refractivity contribution is 5.89. The monoisotopic (exact) mass is 278 g/mol. The van der Waals surface area contributed by atoms with Crippen LogP contribution in [0.15, 0.2) is 24.3 Å². The Balaban J connectivity index is 2.05. The van der Waals surface area contributed by atoms with Crippen LogP contribution < -0.4 is 10.6 Å². The van der Waals surface area contributed by atoms with E-state index in [1.807, 2.05) is 6.92 Å². The number of benzene rings is 1. The van der Waals surface area contributed by atoms with E-state index in [4.69, 9.17) is 0 Å². The van der Waals surface area contributed by atoms with Crippen LogP contribution in [0.1, 0.15) is 13.3 Å². The molecule has 1 aliphatic rings. The van der Waals surface area contributed by atoms with Crippen molar-refractivity contribution in [2.24, 2.45) is 0 Å². The Bertz CT molecular complexity index is 500. The average Bonchev–Trinajstić information content (AvgIpc) is 2.93. The van der Waals surface area contributed by atoms with E-state index < -0.39 is 4.92 Å². The van der Waals surface area contributed by atoms with Gasteiger partial charge >= 0.3 is 6.03 Å². The minimum atomic E-state index is -0.478. The molecule has 2 amide bonds. The van der Waals surface area contributed by atoms with Gasteiger partial charge in [-0.25, -0.2) is 4.79 Å². The molecule has 1 heterocycles. The Hall–Kier alpha value is -2.15. The standard InChI is InChI=1S/C13H18N4O3/c1-2-16(12-6-7-14-9-12)13(18)15-10-4-3-5-11(8-10)17(19)20/h3-5,8,12,14H,2,6-7,9H2,1H3,(H,15,18). The van der Waals surface area contributed by atoms with E-state index in [1.165, 1.54) is 12.1 Å². The summed E-state index contributed by atoms with van der Waals surface area (Å²) < 4.78 is 0. The lowest BCUT2D eigenvalue weighted by Gasteiger charge is -2.27. The molecular formula is C13H18N4O3. The number of nitro benzene ring substituents is 1. The molecule has 0 aliphatic carbocycles. The van der Waals surface area contributed by atoms with E-state index in [0.29, 0.717) is 12.2 Å². The number of hydrogen-bond acceptors (Lipinski definition) is 4. The van der Waals surface area contributed by atoms with Crippen molar-refractivity contribution >= 4 is 17.4 Å². The molecule has 1 unspecified atom stereocenters. The largest absolute Gasteiger partial charge is 0.322 e. The van der Waals surface area contributed by atoms with E-state index in [9.17, 15) is 14.9 Å². The first-order valence-corrected chi connectivity index (χ1v) is 6.64.